The van der Waals surface area contributed by atoms with Crippen LogP contribution in [0.2, 0.25) is 0 Å². The quantitative estimate of drug-likeness (QED) is 0.747. The molecule has 2 fully saturated rings. The van der Waals surface area contributed by atoms with Gasteiger partial charge >= 0.3 is 0 Å². The Balaban J connectivity index is 1.76. The van der Waals surface area contributed by atoms with E-state index in [4.69, 9.17) is 5.53 Å². The van der Waals surface area contributed by atoms with Crippen LogP contribution in [-0.4, -0.2) is 30.1 Å². The first-order valence-corrected chi connectivity index (χ1v) is 7.31. The second kappa shape index (κ2) is 5.94. The predicted molar refractivity (Wildman–Crippen MR) is 70.3 cm³/mol. The van der Waals surface area contributed by atoms with Crippen molar-refractivity contribution < 1.29 is 0 Å². The maximum atomic E-state index is 7.09. The van der Waals surface area contributed by atoms with Gasteiger partial charge in [0.1, 0.15) is 0 Å². The van der Waals surface area contributed by atoms with E-state index < -0.39 is 0 Å². The lowest BCUT2D eigenvalue weighted by molar-refractivity contribution is 0.0980. The van der Waals surface area contributed by atoms with Crippen molar-refractivity contribution in [3.05, 3.63) is 0 Å². The van der Waals surface area contributed by atoms with Gasteiger partial charge < -0.3 is 4.90 Å². The van der Waals surface area contributed by atoms with Crippen molar-refractivity contribution in [2.75, 3.05) is 13.1 Å². The SMILES string of the molecule is CC(C)C1CCC(N2CCC(N=N)CC2)CC1. The summed E-state index contributed by atoms with van der Waals surface area (Å²) in [6.45, 7) is 7.08. The summed E-state index contributed by atoms with van der Waals surface area (Å²) >= 11 is 0. The van der Waals surface area contributed by atoms with Crippen LogP contribution < -0.4 is 0 Å². The van der Waals surface area contributed by atoms with Crippen LogP contribution in [0.4, 0.5) is 0 Å². The number of piperidine rings is 1. The van der Waals surface area contributed by atoms with Crippen LogP contribution in [0.15, 0.2) is 5.11 Å². The Morgan fingerprint density at radius 1 is 1.00 bits per heavy atom. The van der Waals surface area contributed by atoms with E-state index in [1.807, 2.05) is 0 Å². The van der Waals surface area contributed by atoms with Crippen molar-refractivity contribution in [2.45, 2.75) is 64.5 Å². The predicted octanol–water partition coefficient (Wildman–Crippen LogP) is 3.70. The summed E-state index contributed by atoms with van der Waals surface area (Å²) in [6, 6.07) is 1.15. The maximum absolute atomic E-state index is 7.09. The molecule has 98 valence electrons. The lowest BCUT2D eigenvalue weighted by atomic mass is 9.79. The Morgan fingerprint density at radius 2 is 1.59 bits per heavy atom. The second-order valence-corrected chi connectivity index (χ2v) is 6.21. The summed E-state index contributed by atoms with van der Waals surface area (Å²) < 4.78 is 0. The highest BCUT2D eigenvalue weighted by molar-refractivity contribution is 4.84. The van der Waals surface area contributed by atoms with E-state index in [2.05, 4.69) is 23.9 Å². The Kier molecular flexibility index (Phi) is 4.55. The van der Waals surface area contributed by atoms with Gasteiger partial charge in [-0.25, -0.2) is 5.53 Å². The van der Waals surface area contributed by atoms with Crippen molar-refractivity contribution in [3.8, 4) is 0 Å². The number of hydrogen-bond donors (Lipinski definition) is 1. The molecule has 0 unspecified atom stereocenters. The van der Waals surface area contributed by atoms with Crippen LogP contribution in [0.3, 0.4) is 0 Å². The van der Waals surface area contributed by atoms with Gasteiger partial charge in [0.05, 0.1) is 6.04 Å². The molecular formula is C14H27N3. The summed E-state index contributed by atoms with van der Waals surface area (Å²) in [7, 11) is 0. The third-order valence-electron chi connectivity index (χ3n) is 4.88. The first-order chi connectivity index (χ1) is 8.20. The average molecular weight is 237 g/mol. The molecule has 0 atom stereocenters. The summed E-state index contributed by atoms with van der Waals surface area (Å²) in [4.78, 5) is 2.66. The van der Waals surface area contributed by atoms with E-state index in [0.717, 1.165) is 30.7 Å². The molecule has 0 bridgehead atoms. The molecule has 1 saturated heterocycles. The molecule has 3 nitrogen and oxygen atoms in total. The van der Waals surface area contributed by atoms with Gasteiger partial charge in [0.15, 0.2) is 0 Å². The number of nitrogens with zero attached hydrogens (tertiary/aromatic N) is 2. The standard InChI is InChI=1S/C14H27N3/c1-11(2)12-3-5-14(6-4-12)17-9-7-13(16-15)8-10-17/h11-15H,3-10H2,1-2H3. The number of likely N-dealkylation sites (tertiary alicyclic amines) is 1. The van der Waals surface area contributed by atoms with Crippen molar-refractivity contribution >= 4 is 0 Å². The first-order valence-electron chi connectivity index (χ1n) is 7.31. The van der Waals surface area contributed by atoms with E-state index in [9.17, 15) is 0 Å². The van der Waals surface area contributed by atoms with Gasteiger partial charge in [0.2, 0.25) is 0 Å². The molecule has 0 amide bonds. The fourth-order valence-corrected chi connectivity index (χ4v) is 3.51. The molecule has 1 aliphatic carbocycles. The van der Waals surface area contributed by atoms with Gasteiger partial charge in [0.25, 0.3) is 0 Å². The van der Waals surface area contributed by atoms with E-state index in [-0.39, 0.29) is 0 Å². The lowest BCUT2D eigenvalue weighted by Gasteiger charge is -2.40. The van der Waals surface area contributed by atoms with Crippen molar-refractivity contribution in [1.29, 1.82) is 5.53 Å². The second-order valence-electron chi connectivity index (χ2n) is 6.21. The van der Waals surface area contributed by atoms with E-state index in [1.54, 1.807) is 0 Å². The Bertz CT molecular complexity index is 236. The molecular weight excluding hydrogens is 210 g/mol. The molecule has 0 radical (unpaired) electrons. The minimum atomic E-state index is 0.318. The average Bonchev–Trinajstić information content (AvgIpc) is 2.39. The molecule has 1 aliphatic heterocycles. The molecule has 3 heteroatoms. The van der Waals surface area contributed by atoms with Gasteiger partial charge in [-0.05, 0) is 50.4 Å². The highest BCUT2D eigenvalue weighted by atomic mass is 15.2. The Labute approximate surface area is 105 Å². The van der Waals surface area contributed by atoms with Crippen molar-refractivity contribution in [1.82, 2.24) is 4.90 Å². The molecule has 2 rings (SSSR count). The zero-order chi connectivity index (χ0) is 12.3. The van der Waals surface area contributed by atoms with Crippen LogP contribution in [-0.2, 0) is 0 Å². The van der Waals surface area contributed by atoms with Crippen LogP contribution >= 0.6 is 0 Å². The molecule has 0 aromatic heterocycles. The number of nitrogens with one attached hydrogen (secondary N) is 1. The normalized spacial score (nSPS) is 32.9. The van der Waals surface area contributed by atoms with E-state index >= 15 is 0 Å². The minimum Gasteiger partial charge on any atom is -0.300 e. The van der Waals surface area contributed by atoms with Gasteiger partial charge in [-0.3, -0.25) is 0 Å². The highest BCUT2D eigenvalue weighted by Crippen LogP contribution is 2.33. The van der Waals surface area contributed by atoms with Gasteiger partial charge in [-0.15, -0.1) is 0 Å². The number of hydrogen-bond acceptors (Lipinski definition) is 3. The van der Waals surface area contributed by atoms with Crippen LogP contribution in [0.25, 0.3) is 0 Å². The van der Waals surface area contributed by atoms with Crippen molar-refractivity contribution in [2.24, 2.45) is 17.0 Å². The zero-order valence-corrected chi connectivity index (χ0v) is 11.4. The van der Waals surface area contributed by atoms with Gasteiger partial charge in [0, 0.05) is 19.1 Å². The Hall–Kier alpha value is -0.440. The molecule has 1 heterocycles. The van der Waals surface area contributed by atoms with Crippen LogP contribution in [0.1, 0.15) is 52.4 Å². The van der Waals surface area contributed by atoms with E-state index in [1.165, 1.54) is 38.8 Å². The fraction of sp³-hybridized carbons (Fsp3) is 1.00. The summed E-state index contributed by atoms with van der Waals surface area (Å²) in [6.07, 6.45) is 7.84. The van der Waals surface area contributed by atoms with E-state index in [0.29, 0.717) is 6.04 Å². The number of rotatable bonds is 3. The summed E-state index contributed by atoms with van der Waals surface area (Å²) in [5.74, 6) is 1.83. The van der Waals surface area contributed by atoms with Gasteiger partial charge in [-0.1, -0.05) is 13.8 Å². The summed E-state index contributed by atoms with van der Waals surface area (Å²) in [5, 5.41) is 3.69. The zero-order valence-electron chi connectivity index (χ0n) is 11.4. The van der Waals surface area contributed by atoms with Gasteiger partial charge in [-0.2, -0.15) is 5.11 Å². The van der Waals surface area contributed by atoms with Crippen LogP contribution in [0, 0.1) is 17.4 Å². The molecule has 1 saturated carbocycles. The fourth-order valence-electron chi connectivity index (χ4n) is 3.51. The largest absolute Gasteiger partial charge is 0.300 e. The smallest absolute Gasteiger partial charge is 0.0730 e. The maximum Gasteiger partial charge on any atom is 0.0730 e. The third-order valence-corrected chi connectivity index (χ3v) is 4.88. The van der Waals surface area contributed by atoms with Crippen LogP contribution in [0.5, 0.6) is 0 Å². The molecule has 0 aromatic carbocycles. The molecule has 0 aromatic rings. The highest BCUT2D eigenvalue weighted by Gasteiger charge is 2.29. The molecule has 0 spiro atoms. The lowest BCUT2D eigenvalue weighted by Crippen LogP contribution is -2.44. The third kappa shape index (κ3) is 3.27. The molecule has 1 N–H and O–H groups in total. The first kappa shape index (κ1) is 13.0. The summed E-state index contributed by atoms with van der Waals surface area (Å²) in [5.41, 5.74) is 7.09. The minimum absolute atomic E-state index is 0.318. The molecule has 17 heavy (non-hydrogen) atoms. The topological polar surface area (TPSA) is 39.5 Å². The van der Waals surface area contributed by atoms with Crippen molar-refractivity contribution in [3.63, 3.8) is 0 Å². The molecule has 2 aliphatic rings. The Morgan fingerprint density at radius 3 is 2.06 bits per heavy atom. The monoisotopic (exact) mass is 237 g/mol.